The third-order valence-corrected chi connectivity index (χ3v) is 5.93. The van der Waals surface area contributed by atoms with Crippen LogP contribution in [0.15, 0.2) is 53.3 Å². The van der Waals surface area contributed by atoms with E-state index in [4.69, 9.17) is 5.73 Å². The molecule has 2 N–H and O–H groups in total. The van der Waals surface area contributed by atoms with Crippen molar-refractivity contribution in [3.63, 3.8) is 0 Å². The number of benzene rings is 1. The minimum Gasteiger partial charge on any atom is -0.399 e. The zero-order valence-electron chi connectivity index (χ0n) is 15.2. The second-order valence-electron chi connectivity index (χ2n) is 7.43. The second kappa shape index (κ2) is 6.03. The van der Waals surface area contributed by atoms with Gasteiger partial charge < -0.3 is 5.73 Å². The average Bonchev–Trinajstić information content (AvgIpc) is 2.64. The van der Waals surface area contributed by atoms with Gasteiger partial charge in [-0.3, -0.25) is 4.90 Å². The van der Waals surface area contributed by atoms with E-state index >= 15 is 0 Å². The Hall–Kier alpha value is -3.07. The van der Waals surface area contributed by atoms with Gasteiger partial charge in [-0.15, -0.1) is 0 Å². The monoisotopic (exact) mass is 343 g/mol. The van der Waals surface area contributed by atoms with Crippen LogP contribution in [-0.4, -0.2) is 24.5 Å². The summed E-state index contributed by atoms with van der Waals surface area (Å²) >= 11 is 0. The molecule has 5 heteroatoms. The number of nitriles is 3. The number of nitrogens with two attached hydrogens (primary N) is 1. The summed E-state index contributed by atoms with van der Waals surface area (Å²) < 4.78 is 0. The maximum absolute atomic E-state index is 10.1. The Bertz CT molecular complexity index is 908. The fraction of sp³-hybridized carbons (Fsp3) is 0.381. The molecule has 0 spiro atoms. The van der Waals surface area contributed by atoms with Crippen molar-refractivity contribution in [3.8, 4) is 18.2 Å². The highest BCUT2D eigenvalue weighted by Crippen LogP contribution is 2.60. The van der Waals surface area contributed by atoms with Crippen LogP contribution in [0, 0.1) is 44.8 Å². The SMILES string of the molecule is C[C@@H]1C=C2C(C#N)=C(N)C(C#N)(C#N)[C@@H](c3ccccc3)[C@@]2(C)CN1C. The van der Waals surface area contributed by atoms with Crippen LogP contribution in [0.4, 0.5) is 0 Å². The van der Waals surface area contributed by atoms with Crippen LogP contribution < -0.4 is 5.73 Å². The van der Waals surface area contributed by atoms with Gasteiger partial charge in [-0.2, -0.15) is 15.8 Å². The molecule has 3 rings (SSSR count). The number of hydrogen-bond acceptors (Lipinski definition) is 5. The van der Waals surface area contributed by atoms with Gasteiger partial charge in [0.05, 0.1) is 23.4 Å². The van der Waals surface area contributed by atoms with Crippen molar-refractivity contribution in [3.05, 3.63) is 58.8 Å². The lowest BCUT2D eigenvalue weighted by atomic mass is 9.51. The van der Waals surface area contributed by atoms with Crippen molar-refractivity contribution in [2.75, 3.05) is 13.6 Å². The third kappa shape index (κ3) is 2.17. The number of fused-ring (bicyclic) bond motifs is 1. The Morgan fingerprint density at radius 1 is 1.15 bits per heavy atom. The first-order valence-electron chi connectivity index (χ1n) is 8.56. The number of nitrogens with zero attached hydrogens (tertiary/aromatic N) is 4. The molecule has 0 fully saturated rings. The summed E-state index contributed by atoms with van der Waals surface area (Å²) in [7, 11) is 2.01. The van der Waals surface area contributed by atoms with Gasteiger partial charge in [0.15, 0.2) is 5.41 Å². The van der Waals surface area contributed by atoms with E-state index in [2.05, 4.69) is 30.0 Å². The first kappa shape index (κ1) is 17.7. The topological polar surface area (TPSA) is 101 Å². The standard InChI is InChI=1S/C21H21N5/c1-14-9-17-16(10-22)19(25)21(11-23,12-24)18(15-7-5-4-6-8-15)20(17,2)13-26(14)3/h4-9,14,18H,13,25H2,1-3H3/t14-,18+,20+/m1/s1. The van der Waals surface area contributed by atoms with Crippen molar-refractivity contribution in [1.29, 1.82) is 15.8 Å². The van der Waals surface area contributed by atoms with Gasteiger partial charge in [-0.25, -0.2) is 0 Å². The molecule has 1 aromatic rings. The highest BCUT2D eigenvalue weighted by molar-refractivity contribution is 5.61. The van der Waals surface area contributed by atoms with Gasteiger partial charge in [0.1, 0.15) is 6.07 Å². The van der Waals surface area contributed by atoms with E-state index in [-0.39, 0.29) is 17.3 Å². The highest BCUT2D eigenvalue weighted by Gasteiger charge is 2.60. The van der Waals surface area contributed by atoms with Crippen LogP contribution in [0.2, 0.25) is 0 Å². The molecular weight excluding hydrogens is 322 g/mol. The van der Waals surface area contributed by atoms with Crippen LogP contribution in [-0.2, 0) is 0 Å². The molecule has 0 aromatic heterocycles. The van der Waals surface area contributed by atoms with E-state index in [9.17, 15) is 15.8 Å². The van der Waals surface area contributed by atoms with Gasteiger partial charge in [0.25, 0.3) is 0 Å². The Morgan fingerprint density at radius 3 is 2.31 bits per heavy atom. The van der Waals surface area contributed by atoms with Gasteiger partial charge in [-0.1, -0.05) is 43.3 Å². The van der Waals surface area contributed by atoms with Crippen molar-refractivity contribution in [1.82, 2.24) is 4.90 Å². The van der Waals surface area contributed by atoms with E-state index in [0.717, 1.165) is 11.1 Å². The fourth-order valence-electron chi connectivity index (χ4n) is 4.56. The second-order valence-corrected chi connectivity index (χ2v) is 7.43. The summed E-state index contributed by atoms with van der Waals surface area (Å²) in [6.45, 7) is 4.72. The molecule has 0 bridgehead atoms. The molecule has 0 amide bonds. The molecule has 2 aliphatic rings. The predicted octanol–water partition coefficient (Wildman–Crippen LogP) is 2.82. The van der Waals surface area contributed by atoms with E-state index in [0.29, 0.717) is 6.54 Å². The van der Waals surface area contributed by atoms with Gasteiger partial charge in [0.2, 0.25) is 0 Å². The Morgan fingerprint density at radius 2 is 1.77 bits per heavy atom. The molecule has 1 aromatic carbocycles. The maximum Gasteiger partial charge on any atom is 0.191 e. The lowest BCUT2D eigenvalue weighted by molar-refractivity contribution is 0.124. The van der Waals surface area contributed by atoms with Crippen molar-refractivity contribution < 1.29 is 0 Å². The fourth-order valence-corrected chi connectivity index (χ4v) is 4.56. The van der Waals surface area contributed by atoms with E-state index < -0.39 is 16.7 Å². The molecular formula is C21H21N5. The van der Waals surface area contributed by atoms with Gasteiger partial charge in [-0.05, 0) is 25.1 Å². The molecule has 26 heavy (non-hydrogen) atoms. The van der Waals surface area contributed by atoms with E-state index in [1.807, 2.05) is 50.4 Å². The summed E-state index contributed by atoms with van der Waals surface area (Å²) in [4.78, 5) is 2.18. The van der Waals surface area contributed by atoms with Crippen LogP contribution in [0.1, 0.15) is 25.3 Å². The predicted molar refractivity (Wildman–Crippen MR) is 98.0 cm³/mol. The average molecular weight is 343 g/mol. The van der Waals surface area contributed by atoms with Crippen LogP contribution in [0.5, 0.6) is 0 Å². The number of hydrogen-bond donors (Lipinski definition) is 1. The van der Waals surface area contributed by atoms with Gasteiger partial charge in [0, 0.05) is 23.9 Å². The maximum atomic E-state index is 10.1. The Kier molecular flexibility index (Phi) is 4.11. The number of allylic oxidation sites excluding steroid dienone is 2. The molecule has 1 heterocycles. The third-order valence-electron chi connectivity index (χ3n) is 5.93. The summed E-state index contributed by atoms with van der Waals surface area (Å²) in [6, 6.07) is 16.2. The number of likely N-dealkylation sites (N-methyl/N-ethyl adjacent to an activating group) is 1. The molecule has 3 atom stereocenters. The van der Waals surface area contributed by atoms with Gasteiger partial charge >= 0.3 is 0 Å². The van der Waals surface area contributed by atoms with Crippen LogP contribution in [0.3, 0.4) is 0 Å². The zero-order chi connectivity index (χ0) is 19.1. The lowest BCUT2D eigenvalue weighted by Crippen LogP contribution is -2.54. The molecule has 0 radical (unpaired) electrons. The smallest absolute Gasteiger partial charge is 0.191 e. The highest BCUT2D eigenvalue weighted by atomic mass is 15.1. The van der Waals surface area contributed by atoms with Crippen LogP contribution >= 0.6 is 0 Å². The largest absolute Gasteiger partial charge is 0.399 e. The summed E-state index contributed by atoms with van der Waals surface area (Å²) in [5.74, 6) is -0.468. The quantitative estimate of drug-likeness (QED) is 0.845. The first-order valence-corrected chi connectivity index (χ1v) is 8.56. The Balaban J connectivity index is 2.44. The number of rotatable bonds is 1. The van der Waals surface area contributed by atoms with Crippen molar-refractivity contribution in [2.24, 2.45) is 16.6 Å². The first-order chi connectivity index (χ1) is 12.4. The molecule has 0 saturated carbocycles. The summed E-state index contributed by atoms with van der Waals surface area (Å²) in [5, 5.41) is 29.9. The lowest BCUT2D eigenvalue weighted by Gasteiger charge is -2.53. The molecule has 1 aliphatic heterocycles. The van der Waals surface area contributed by atoms with Crippen molar-refractivity contribution >= 4 is 0 Å². The zero-order valence-corrected chi connectivity index (χ0v) is 15.2. The molecule has 5 nitrogen and oxygen atoms in total. The Labute approximate surface area is 154 Å². The molecule has 130 valence electrons. The minimum atomic E-state index is -1.58. The van der Waals surface area contributed by atoms with Crippen LogP contribution in [0.25, 0.3) is 0 Å². The summed E-state index contributed by atoms with van der Waals surface area (Å²) in [5.41, 5.74) is 6.23. The normalized spacial score (nSPS) is 30.4. The van der Waals surface area contributed by atoms with Crippen molar-refractivity contribution in [2.45, 2.75) is 25.8 Å². The van der Waals surface area contributed by atoms with E-state index in [1.165, 1.54) is 0 Å². The molecule has 0 unspecified atom stereocenters. The van der Waals surface area contributed by atoms with E-state index in [1.54, 1.807) is 0 Å². The minimum absolute atomic E-state index is 0.0688. The summed E-state index contributed by atoms with van der Waals surface area (Å²) in [6.07, 6.45) is 2.05. The molecule has 1 aliphatic carbocycles. The molecule has 0 saturated heterocycles.